The van der Waals surface area contributed by atoms with E-state index in [0.717, 1.165) is 19.3 Å². The van der Waals surface area contributed by atoms with Crippen LogP contribution >= 0.6 is 0 Å². The second-order valence-corrected chi connectivity index (χ2v) is 8.65. The monoisotopic (exact) mass is 361 g/mol. The molecule has 0 aromatic carbocycles. The summed E-state index contributed by atoms with van der Waals surface area (Å²) in [5.74, 6) is 0. The molecular formula is C19H39NO3S. The maximum Gasteiger partial charge on any atom is 0.120 e. The highest BCUT2D eigenvalue weighted by molar-refractivity contribution is 7.89. The van der Waals surface area contributed by atoms with Crippen molar-refractivity contribution in [2.24, 2.45) is 0 Å². The Hall–Kier alpha value is -0.390. The Morgan fingerprint density at radius 1 is 0.958 bits per heavy atom. The fourth-order valence-corrected chi connectivity index (χ4v) is 3.71. The molecule has 0 radical (unpaired) electrons. The van der Waals surface area contributed by atoms with Crippen molar-refractivity contribution < 1.29 is 17.5 Å². The Balaban J connectivity index is 0.000000463. The first-order valence-corrected chi connectivity index (χ1v) is 11.2. The van der Waals surface area contributed by atoms with Crippen molar-refractivity contribution in [2.45, 2.75) is 85.0 Å². The summed E-state index contributed by atoms with van der Waals surface area (Å²) >= 11 is 0. The third-order valence-corrected chi connectivity index (χ3v) is 5.74. The molecule has 0 aliphatic heterocycles. The van der Waals surface area contributed by atoms with Gasteiger partial charge in [0.05, 0.1) is 26.7 Å². The second kappa shape index (κ2) is 12.9. The summed E-state index contributed by atoms with van der Waals surface area (Å²) in [5, 5.41) is 0. The summed E-state index contributed by atoms with van der Waals surface area (Å²) in [6.45, 7) is 11.0. The molecule has 0 atom stereocenters. The van der Waals surface area contributed by atoms with E-state index in [1.165, 1.54) is 68.7 Å². The van der Waals surface area contributed by atoms with Crippen LogP contribution in [0, 0.1) is 0 Å². The lowest BCUT2D eigenvalue weighted by molar-refractivity contribution is -0.910. The molecule has 1 rings (SSSR count). The van der Waals surface area contributed by atoms with Crippen LogP contribution in [0.4, 0.5) is 0 Å². The van der Waals surface area contributed by atoms with E-state index < -0.39 is 10.1 Å². The number of unbranched alkanes of at least 4 members (excludes halogenated alkanes) is 3. The smallest absolute Gasteiger partial charge is 0.120 e. The first kappa shape index (κ1) is 23.6. The lowest BCUT2D eigenvalue weighted by atomic mass is 10.1. The van der Waals surface area contributed by atoms with Gasteiger partial charge in [-0.15, -0.1) is 0 Å². The Morgan fingerprint density at radius 2 is 1.42 bits per heavy atom. The van der Waals surface area contributed by atoms with E-state index in [0.29, 0.717) is 6.42 Å². The van der Waals surface area contributed by atoms with Crippen molar-refractivity contribution in [3.8, 4) is 0 Å². The average Bonchev–Trinajstić information content (AvgIpc) is 2.57. The molecule has 144 valence electrons. The molecule has 0 heterocycles. The summed E-state index contributed by atoms with van der Waals surface area (Å²) in [6.07, 6.45) is 12.7. The van der Waals surface area contributed by atoms with E-state index in [9.17, 15) is 13.0 Å². The number of hydrogen-bond donors (Lipinski definition) is 0. The van der Waals surface area contributed by atoms with E-state index in [4.69, 9.17) is 0 Å². The van der Waals surface area contributed by atoms with Gasteiger partial charge < -0.3 is 9.04 Å². The highest BCUT2D eigenvalue weighted by atomic mass is 32.2. The van der Waals surface area contributed by atoms with Gasteiger partial charge in [-0.1, -0.05) is 46.1 Å². The summed E-state index contributed by atoms with van der Waals surface area (Å²) in [4.78, 5) is 0.0822. The molecule has 4 nitrogen and oxygen atoms in total. The van der Waals surface area contributed by atoms with Crippen molar-refractivity contribution in [1.82, 2.24) is 0 Å². The first-order chi connectivity index (χ1) is 11.3. The molecule has 0 aromatic rings. The molecule has 24 heavy (non-hydrogen) atoms. The summed E-state index contributed by atoms with van der Waals surface area (Å²) in [5.41, 5.74) is 0. The molecule has 1 aliphatic carbocycles. The first-order valence-electron chi connectivity index (χ1n) is 9.77. The van der Waals surface area contributed by atoms with Gasteiger partial charge in [-0.3, -0.25) is 0 Å². The number of rotatable bonds is 10. The Labute approximate surface area is 150 Å². The summed E-state index contributed by atoms with van der Waals surface area (Å²) < 4.78 is 32.4. The van der Waals surface area contributed by atoms with Crippen molar-refractivity contribution in [3.63, 3.8) is 0 Å². The maximum absolute atomic E-state index is 10.4. The van der Waals surface area contributed by atoms with E-state index in [1.54, 1.807) is 0 Å². The largest absolute Gasteiger partial charge is 0.744 e. The maximum atomic E-state index is 10.4. The van der Waals surface area contributed by atoms with E-state index in [-0.39, 0.29) is 4.91 Å². The number of hydrogen-bond acceptors (Lipinski definition) is 3. The van der Waals surface area contributed by atoms with Crippen molar-refractivity contribution in [2.75, 3.05) is 26.7 Å². The van der Waals surface area contributed by atoms with Gasteiger partial charge in [-0.2, -0.15) is 0 Å². The number of nitrogens with zero attached hydrogens (tertiary/aromatic N) is 1. The molecule has 0 aromatic heterocycles. The summed E-state index contributed by atoms with van der Waals surface area (Å²) in [7, 11) is -1.67. The van der Waals surface area contributed by atoms with Gasteiger partial charge in [0.25, 0.3) is 0 Å². The van der Waals surface area contributed by atoms with Crippen molar-refractivity contribution in [3.05, 3.63) is 11.0 Å². The average molecular weight is 362 g/mol. The third kappa shape index (κ3) is 11.2. The number of quaternary nitrogens is 1. The van der Waals surface area contributed by atoms with Crippen LogP contribution in [-0.4, -0.2) is 44.1 Å². The molecule has 1 aliphatic rings. The van der Waals surface area contributed by atoms with Gasteiger partial charge in [-0.05, 0) is 44.9 Å². The van der Waals surface area contributed by atoms with E-state index in [2.05, 4.69) is 27.8 Å². The Bertz CT molecular complexity index is 422. The van der Waals surface area contributed by atoms with Crippen LogP contribution in [0.3, 0.4) is 0 Å². The molecule has 0 saturated carbocycles. The van der Waals surface area contributed by atoms with Crippen LogP contribution in [0.2, 0.25) is 0 Å². The number of allylic oxidation sites excluding steroid dienone is 2. The van der Waals surface area contributed by atoms with Crippen LogP contribution in [0.1, 0.15) is 85.0 Å². The highest BCUT2D eigenvalue weighted by Crippen LogP contribution is 2.20. The van der Waals surface area contributed by atoms with Gasteiger partial charge in [0.15, 0.2) is 0 Å². The molecule has 0 spiro atoms. The van der Waals surface area contributed by atoms with Gasteiger partial charge in [0.2, 0.25) is 0 Å². The minimum Gasteiger partial charge on any atom is -0.744 e. The van der Waals surface area contributed by atoms with Crippen molar-refractivity contribution in [1.29, 1.82) is 0 Å². The summed E-state index contributed by atoms with van der Waals surface area (Å²) in [6, 6.07) is 0. The SMILES string of the molecule is CCCC[N+](C)(CCCC)CCCC.O=S(=O)([O-])C1=CCCCC1. The molecule has 0 saturated heterocycles. The second-order valence-electron chi connectivity index (χ2n) is 7.22. The van der Waals surface area contributed by atoms with Crippen LogP contribution in [0.15, 0.2) is 11.0 Å². The molecule has 0 amide bonds. The van der Waals surface area contributed by atoms with E-state index >= 15 is 0 Å². The predicted molar refractivity (Wildman–Crippen MR) is 102 cm³/mol. The third-order valence-electron chi connectivity index (χ3n) is 4.72. The minimum absolute atomic E-state index is 0.0822. The predicted octanol–water partition coefficient (Wildman–Crippen LogP) is 4.82. The van der Waals surface area contributed by atoms with Gasteiger partial charge in [0, 0.05) is 4.91 Å². The molecule has 5 heteroatoms. The van der Waals surface area contributed by atoms with Crippen LogP contribution < -0.4 is 0 Å². The van der Waals surface area contributed by atoms with Gasteiger partial charge >= 0.3 is 0 Å². The zero-order valence-electron chi connectivity index (χ0n) is 16.3. The fraction of sp³-hybridized carbons (Fsp3) is 0.895. The van der Waals surface area contributed by atoms with Gasteiger partial charge in [-0.25, -0.2) is 8.42 Å². The lowest BCUT2D eigenvalue weighted by Gasteiger charge is -2.34. The van der Waals surface area contributed by atoms with Crippen LogP contribution in [0.5, 0.6) is 0 Å². The highest BCUT2D eigenvalue weighted by Gasteiger charge is 2.18. The van der Waals surface area contributed by atoms with E-state index in [1.807, 2.05) is 0 Å². The normalized spacial score (nSPS) is 15.5. The topological polar surface area (TPSA) is 57.2 Å². The standard InChI is InChI=1S/C13H30N.C6H10O3S/c1-5-8-11-14(4,12-9-6-2)13-10-7-3;7-10(8,9)6-4-2-1-3-5-6/h5-13H2,1-4H3;4H,1-3,5H2,(H,7,8,9)/q+1;/p-1. The quantitative estimate of drug-likeness (QED) is 0.414. The molecular weight excluding hydrogens is 322 g/mol. The molecule has 0 N–H and O–H groups in total. The zero-order valence-corrected chi connectivity index (χ0v) is 17.2. The Kier molecular flexibility index (Phi) is 12.7. The molecule has 0 fully saturated rings. The molecule has 0 bridgehead atoms. The lowest BCUT2D eigenvalue weighted by Crippen LogP contribution is -2.46. The fourth-order valence-electron chi connectivity index (χ4n) is 2.99. The van der Waals surface area contributed by atoms with Crippen LogP contribution in [0.25, 0.3) is 0 Å². The Morgan fingerprint density at radius 3 is 1.67 bits per heavy atom. The zero-order chi connectivity index (χ0) is 18.5. The van der Waals surface area contributed by atoms with Gasteiger partial charge in [0.1, 0.15) is 10.1 Å². The molecule has 0 unspecified atom stereocenters. The van der Waals surface area contributed by atoms with Crippen LogP contribution in [-0.2, 0) is 10.1 Å². The van der Waals surface area contributed by atoms with Crippen molar-refractivity contribution >= 4 is 10.1 Å². The minimum atomic E-state index is -4.11.